The first-order valence-corrected chi connectivity index (χ1v) is 7.37. The van der Waals surface area contributed by atoms with Crippen molar-refractivity contribution >= 4 is 22.9 Å². The highest BCUT2D eigenvalue weighted by atomic mass is 32.1. The second kappa shape index (κ2) is 6.52. The number of rotatable bonds is 5. The Morgan fingerprint density at radius 1 is 1.20 bits per heavy atom. The predicted octanol–water partition coefficient (Wildman–Crippen LogP) is 2.52. The van der Waals surface area contributed by atoms with Crippen LogP contribution in [0.25, 0.3) is 0 Å². The minimum Gasteiger partial charge on any atom is -0.378 e. The smallest absolute Gasteiger partial charge is 0.253 e. The standard InChI is InChI=1S/C15H19N3OS/c1-17(2)13-6-4-12(5-7-13)15(19)18(3)10-8-14-16-9-11-20-14/h4-7,9,11H,8,10H2,1-3H3. The molecule has 5 heteroatoms. The minimum absolute atomic E-state index is 0.0480. The van der Waals surface area contributed by atoms with Crippen LogP contribution >= 0.6 is 11.3 Å². The highest BCUT2D eigenvalue weighted by Crippen LogP contribution is 2.14. The lowest BCUT2D eigenvalue weighted by molar-refractivity contribution is 0.0796. The van der Waals surface area contributed by atoms with Gasteiger partial charge in [0.15, 0.2) is 0 Å². The molecule has 1 aromatic carbocycles. The van der Waals surface area contributed by atoms with Crippen molar-refractivity contribution in [3.8, 4) is 0 Å². The van der Waals surface area contributed by atoms with Crippen molar-refractivity contribution in [3.05, 3.63) is 46.4 Å². The molecule has 1 heterocycles. The first kappa shape index (κ1) is 14.5. The summed E-state index contributed by atoms with van der Waals surface area (Å²) in [6.45, 7) is 0.682. The van der Waals surface area contributed by atoms with Crippen molar-refractivity contribution in [1.82, 2.24) is 9.88 Å². The number of amides is 1. The number of thiazole rings is 1. The van der Waals surface area contributed by atoms with Crippen molar-refractivity contribution in [1.29, 1.82) is 0 Å². The summed E-state index contributed by atoms with van der Waals surface area (Å²) in [6.07, 6.45) is 2.59. The molecule has 0 atom stereocenters. The van der Waals surface area contributed by atoms with Gasteiger partial charge in [-0.05, 0) is 24.3 Å². The summed E-state index contributed by atoms with van der Waals surface area (Å²) in [5.41, 5.74) is 1.81. The van der Waals surface area contributed by atoms with Crippen LogP contribution in [0, 0.1) is 0 Å². The Morgan fingerprint density at radius 3 is 2.45 bits per heavy atom. The molecule has 1 amide bonds. The van der Waals surface area contributed by atoms with E-state index in [9.17, 15) is 4.79 Å². The Balaban J connectivity index is 1.95. The van der Waals surface area contributed by atoms with Crippen molar-refractivity contribution in [3.63, 3.8) is 0 Å². The molecule has 0 aliphatic heterocycles. The molecule has 0 aliphatic rings. The molecular formula is C15H19N3OS. The molecule has 1 aromatic heterocycles. The maximum atomic E-state index is 12.3. The summed E-state index contributed by atoms with van der Waals surface area (Å²) in [4.78, 5) is 20.3. The molecule has 2 aromatic rings. The van der Waals surface area contributed by atoms with Crippen LogP contribution in [-0.2, 0) is 6.42 Å². The number of carbonyl (C=O) groups excluding carboxylic acids is 1. The summed E-state index contributed by atoms with van der Waals surface area (Å²) >= 11 is 1.62. The Bertz CT molecular complexity index is 549. The molecule has 106 valence electrons. The number of anilines is 1. The second-order valence-corrected chi connectivity index (χ2v) is 5.82. The van der Waals surface area contributed by atoms with Gasteiger partial charge in [-0.2, -0.15) is 0 Å². The molecule has 0 spiro atoms. The van der Waals surface area contributed by atoms with Gasteiger partial charge in [0.25, 0.3) is 5.91 Å². The highest BCUT2D eigenvalue weighted by molar-refractivity contribution is 7.09. The lowest BCUT2D eigenvalue weighted by Gasteiger charge is -2.17. The lowest BCUT2D eigenvalue weighted by atomic mass is 10.1. The second-order valence-electron chi connectivity index (χ2n) is 4.84. The molecule has 0 saturated carbocycles. The van der Waals surface area contributed by atoms with Gasteiger partial charge in [-0.25, -0.2) is 4.98 Å². The minimum atomic E-state index is 0.0480. The van der Waals surface area contributed by atoms with Crippen LogP contribution in [0.5, 0.6) is 0 Å². The summed E-state index contributed by atoms with van der Waals surface area (Å²) < 4.78 is 0. The van der Waals surface area contributed by atoms with E-state index in [0.29, 0.717) is 6.54 Å². The number of carbonyl (C=O) groups is 1. The third-order valence-electron chi connectivity index (χ3n) is 3.12. The van der Waals surface area contributed by atoms with E-state index in [1.54, 1.807) is 22.4 Å². The van der Waals surface area contributed by atoms with E-state index in [-0.39, 0.29) is 5.91 Å². The SMILES string of the molecule is CN(CCc1nccs1)C(=O)c1ccc(N(C)C)cc1. The van der Waals surface area contributed by atoms with Crippen LogP contribution in [0.1, 0.15) is 15.4 Å². The average molecular weight is 289 g/mol. The maximum Gasteiger partial charge on any atom is 0.253 e. The third-order valence-corrected chi connectivity index (χ3v) is 3.96. The van der Waals surface area contributed by atoms with Gasteiger partial charge in [0, 0.05) is 56.9 Å². The fraction of sp³-hybridized carbons (Fsp3) is 0.333. The molecule has 0 N–H and O–H groups in total. The summed E-state index contributed by atoms with van der Waals surface area (Å²) in [6, 6.07) is 7.67. The Labute approximate surface area is 123 Å². The summed E-state index contributed by atoms with van der Waals surface area (Å²) in [5.74, 6) is 0.0480. The molecule has 0 aliphatic carbocycles. The van der Waals surface area contributed by atoms with E-state index in [1.165, 1.54) is 0 Å². The first-order valence-electron chi connectivity index (χ1n) is 6.49. The zero-order valence-corrected chi connectivity index (χ0v) is 12.9. The van der Waals surface area contributed by atoms with Gasteiger partial charge in [0.2, 0.25) is 0 Å². The van der Waals surface area contributed by atoms with E-state index in [0.717, 1.165) is 22.7 Å². The lowest BCUT2D eigenvalue weighted by Crippen LogP contribution is -2.28. The topological polar surface area (TPSA) is 36.4 Å². The number of hydrogen-bond acceptors (Lipinski definition) is 4. The van der Waals surface area contributed by atoms with Gasteiger partial charge < -0.3 is 9.80 Å². The number of benzene rings is 1. The van der Waals surface area contributed by atoms with Gasteiger partial charge >= 0.3 is 0 Å². The normalized spacial score (nSPS) is 10.3. The fourth-order valence-corrected chi connectivity index (χ4v) is 2.47. The van der Waals surface area contributed by atoms with Gasteiger partial charge in [-0.1, -0.05) is 0 Å². The largest absolute Gasteiger partial charge is 0.378 e. The zero-order chi connectivity index (χ0) is 14.5. The Hall–Kier alpha value is -1.88. The molecule has 0 fully saturated rings. The van der Waals surface area contributed by atoms with Gasteiger partial charge in [-0.15, -0.1) is 11.3 Å². The van der Waals surface area contributed by atoms with Crippen LogP contribution < -0.4 is 4.90 Å². The molecule has 2 rings (SSSR count). The maximum absolute atomic E-state index is 12.3. The van der Waals surface area contributed by atoms with Crippen molar-refractivity contribution in [2.45, 2.75) is 6.42 Å². The first-order chi connectivity index (χ1) is 9.58. The van der Waals surface area contributed by atoms with Gasteiger partial charge in [0.05, 0.1) is 5.01 Å². The molecule has 4 nitrogen and oxygen atoms in total. The van der Waals surface area contributed by atoms with E-state index in [4.69, 9.17) is 0 Å². The van der Waals surface area contributed by atoms with Crippen LogP contribution in [0.15, 0.2) is 35.8 Å². The van der Waals surface area contributed by atoms with E-state index < -0.39 is 0 Å². The molecule has 0 bridgehead atoms. The number of likely N-dealkylation sites (N-methyl/N-ethyl adjacent to an activating group) is 1. The molecular weight excluding hydrogens is 270 g/mol. The summed E-state index contributed by atoms with van der Waals surface area (Å²) in [7, 11) is 5.80. The Kier molecular flexibility index (Phi) is 4.74. The quantitative estimate of drug-likeness (QED) is 0.848. The predicted molar refractivity (Wildman–Crippen MR) is 83.5 cm³/mol. The molecule has 0 radical (unpaired) electrons. The monoisotopic (exact) mass is 289 g/mol. The van der Waals surface area contributed by atoms with Crippen molar-refractivity contribution < 1.29 is 4.79 Å². The third kappa shape index (κ3) is 3.57. The highest BCUT2D eigenvalue weighted by Gasteiger charge is 2.12. The van der Waals surface area contributed by atoms with E-state index >= 15 is 0 Å². The molecule has 0 saturated heterocycles. The van der Waals surface area contributed by atoms with Crippen LogP contribution in [0.2, 0.25) is 0 Å². The van der Waals surface area contributed by atoms with Crippen molar-refractivity contribution in [2.24, 2.45) is 0 Å². The summed E-state index contributed by atoms with van der Waals surface area (Å²) in [5, 5.41) is 3.02. The molecule has 20 heavy (non-hydrogen) atoms. The van der Waals surface area contributed by atoms with Gasteiger partial charge in [-0.3, -0.25) is 4.79 Å². The fourth-order valence-electron chi connectivity index (χ4n) is 1.86. The van der Waals surface area contributed by atoms with Crippen LogP contribution in [0.3, 0.4) is 0 Å². The van der Waals surface area contributed by atoms with E-state index in [2.05, 4.69) is 4.98 Å². The van der Waals surface area contributed by atoms with Crippen molar-refractivity contribution in [2.75, 3.05) is 32.6 Å². The number of nitrogens with zero attached hydrogens (tertiary/aromatic N) is 3. The Morgan fingerprint density at radius 2 is 1.90 bits per heavy atom. The molecule has 0 unspecified atom stereocenters. The van der Waals surface area contributed by atoms with Crippen LogP contribution in [-0.4, -0.2) is 43.5 Å². The average Bonchev–Trinajstić information content (AvgIpc) is 2.97. The number of hydrogen-bond donors (Lipinski definition) is 0. The van der Waals surface area contributed by atoms with Gasteiger partial charge in [0.1, 0.15) is 0 Å². The zero-order valence-electron chi connectivity index (χ0n) is 12.0. The van der Waals surface area contributed by atoms with E-state index in [1.807, 2.05) is 55.7 Å². The number of aromatic nitrogens is 1. The van der Waals surface area contributed by atoms with Crippen LogP contribution in [0.4, 0.5) is 5.69 Å².